The number of nitrogens with zero attached hydrogens (tertiary/aromatic N) is 2. The highest BCUT2D eigenvalue weighted by atomic mass is 32.2. The van der Waals surface area contributed by atoms with Crippen LogP contribution >= 0.6 is 11.8 Å². The second-order valence-electron chi connectivity index (χ2n) is 5.01. The van der Waals surface area contributed by atoms with Crippen LogP contribution in [0, 0.1) is 0 Å². The molecular formula is C14H13N3O5S. The number of pyridine rings is 1. The summed E-state index contributed by atoms with van der Waals surface area (Å²) in [5, 5.41) is 20.6. The fourth-order valence-electron chi connectivity index (χ4n) is 2.53. The number of carboxylic acids is 1. The summed E-state index contributed by atoms with van der Waals surface area (Å²) in [7, 11) is 0. The van der Waals surface area contributed by atoms with E-state index in [4.69, 9.17) is 0 Å². The van der Waals surface area contributed by atoms with E-state index in [1.165, 1.54) is 36.3 Å². The van der Waals surface area contributed by atoms with E-state index in [1.54, 1.807) is 0 Å². The maximum Gasteiger partial charge on any atom is 0.352 e. The Balaban J connectivity index is 1.77. The molecule has 120 valence electrons. The van der Waals surface area contributed by atoms with Crippen molar-refractivity contribution in [2.45, 2.75) is 11.4 Å². The van der Waals surface area contributed by atoms with E-state index in [0.717, 1.165) is 4.90 Å². The molecule has 2 aliphatic rings. The summed E-state index contributed by atoms with van der Waals surface area (Å²) in [4.78, 5) is 40.6. The van der Waals surface area contributed by atoms with Gasteiger partial charge in [-0.15, -0.1) is 11.8 Å². The molecule has 9 heteroatoms. The van der Waals surface area contributed by atoms with Gasteiger partial charge < -0.3 is 15.5 Å². The molecule has 3 heterocycles. The van der Waals surface area contributed by atoms with E-state index in [9.17, 15) is 24.6 Å². The predicted octanol–water partition coefficient (Wildman–Crippen LogP) is -0.574. The molecule has 0 saturated carbocycles. The summed E-state index contributed by atoms with van der Waals surface area (Å²) < 4.78 is 0. The lowest BCUT2D eigenvalue weighted by Crippen LogP contribution is -2.70. The highest BCUT2D eigenvalue weighted by molar-refractivity contribution is 8.00. The molecule has 3 rings (SSSR count). The summed E-state index contributed by atoms with van der Waals surface area (Å²) in [6.07, 6.45) is 2.94. The smallest absolute Gasteiger partial charge is 0.352 e. The number of carboxylic acid groups (broad SMARTS) is 1. The van der Waals surface area contributed by atoms with Gasteiger partial charge >= 0.3 is 5.97 Å². The lowest BCUT2D eigenvalue weighted by Gasteiger charge is -2.49. The van der Waals surface area contributed by atoms with Crippen LogP contribution in [-0.4, -0.2) is 61.7 Å². The first-order chi connectivity index (χ1) is 11.0. The van der Waals surface area contributed by atoms with E-state index < -0.39 is 35.8 Å². The first kappa shape index (κ1) is 15.5. The van der Waals surface area contributed by atoms with Crippen molar-refractivity contribution in [3.8, 4) is 0 Å². The molecule has 0 radical (unpaired) electrons. The molecule has 23 heavy (non-hydrogen) atoms. The number of aliphatic hydroxyl groups is 1. The van der Waals surface area contributed by atoms with E-state index in [1.807, 2.05) is 0 Å². The summed E-state index contributed by atoms with van der Waals surface area (Å²) in [5.41, 5.74) is 0.485. The van der Waals surface area contributed by atoms with E-state index in [0.29, 0.717) is 16.9 Å². The SMILES string of the molecule is O=C(O)C1=C(CO)CS[C@@H]2[C@H](NC(=O)c3ccncc3)C(=O)N12. The van der Waals surface area contributed by atoms with Gasteiger partial charge in [0.2, 0.25) is 0 Å². The number of fused-ring (bicyclic) bond motifs is 1. The second kappa shape index (κ2) is 6.01. The van der Waals surface area contributed by atoms with Crippen LogP contribution in [0.4, 0.5) is 0 Å². The standard InChI is InChI=1S/C14H13N3O5S/c18-5-8-6-23-13-9(12(20)17(13)10(8)14(21)22)16-11(19)7-1-3-15-4-2-7/h1-4,9,13,18H,5-6H2,(H,16,19)(H,21,22)/t9-,13-/m1/s1. The third-order valence-corrected chi connectivity index (χ3v) is 5.01. The molecule has 1 aromatic heterocycles. The maximum atomic E-state index is 12.2. The topological polar surface area (TPSA) is 120 Å². The van der Waals surface area contributed by atoms with Crippen LogP contribution in [0.15, 0.2) is 35.8 Å². The third kappa shape index (κ3) is 2.57. The number of thioether (sulfide) groups is 1. The van der Waals surface area contributed by atoms with E-state index in [2.05, 4.69) is 10.3 Å². The van der Waals surface area contributed by atoms with Gasteiger partial charge in [0.15, 0.2) is 0 Å². The van der Waals surface area contributed by atoms with Crippen molar-refractivity contribution in [3.05, 3.63) is 41.4 Å². The molecule has 0 aromatic carbocycles. The number of hydrogen-bond acceptors (Lipinski definition) is 6. The van der Waals surface area contributed by atoms with Gasteiger partial charge in [0, 0.05) is 23.7 Å². The number of aliphatic hydroxyl groups excluding tert-OH is 1. The van der Waals surface area contributed by atoms with Gasteiger partial charge in [0.25, 0.3) is 11.8 Å². The van der Waals surface area contributed by atoms with Gasteiger partial charge in [-0.1, -0.05) is 0 Å². The molecule has 2 atom stereocenters. The van der Waals surface area contributed by atoms with Crippen LogP contribution in [0.1, 0.15) is 10.4 Å². The van der Waals surface area contributed by atoms with Crippen molar-refractivity contribution < 1.29 is 24.6 Å². The number of aromatic nitrogens is 1. The van der Waals surface area contributed by atoms with Crippen molar-refractivity contribution in [1.82, 2.24) is 15.2 Å². The molecule has 3 N–H and O–H groups in total. The number of amides is 2. The molecular weight excluding hydrogens is 322 g/mol. The predicted molar refractivity (Wildman–Crippen MR) is 80.3 cm³/mol. The number of carbonyl (C=O) groups excluding carboxylic acids is 2. The number of hydrogen-bond donors (Lipinski definition) is 3. The largest absolute Gasteiger partial charge is 0.477 e. The van der Waals surface area contributed by atoms with E-state index >= 15 is 0 Å². The van der Waals surface area contributed by atoms with Crippen molar-refractivity contribution >= 4 is 29.5 Å². The molecule has 0 unspecified atom stereocenters. The van der Waals surface area contributed by atoms with E-state index in [-0.39, 0.29) is 5.70 Å². The molecule has 2 aliphatic heterocycles. The quantitative estimate of drug-likeness (QED) is 0.630. The first-order valence-electron chi connectivity index (χ1n) is 6.76. The molecule has 1 fully saturated rings. The monoisotopic (exact) mass is 335 g/mol. The van der Waals surface area contributed by atoms with Crippen molar-refractivity contribution in [2.24, 2.45) is 0 Å². The van der Waals surface area contributed by atoms with Crippen LogP contribution in [0.25, 0.3) is 0 Å². The second-order valence-corrected chi connectivity index (χ2v) is 6.12. The van der Waals surface area contributed by atoms with Gasteiger partial charge in [-0.05, 0) is 17.7 Å². The zero-order valence-electron chi connectivity index (χ0n) is 11.8. The summed E-state index contributed by atoms with van der Waals surface area (Å²) in [6.45, 7) is -0.417. The van der Waals surface area contributed by atoms with Crippen LogP contribution in [0.2, 0.25) is 0 Å². The third-order valence-electron chi connectivity index (χ3n) is 3.67. The molecule has 0 spiro atoms. The van der Waals surface area contributed by atoms with Gasteiger partial charge in [0.1, 0.15) is 17.1 Å². The number of β-lactam (4-membered cyclic amide) rings is 1. The van der Waals surface area contributed by atoms with Crippen LogP contribution in [-0.2, 0) is 9.59 Å². The number of rotatable bonds is 4. The normalized spacial score (nSPS) is 23.2. The minimum Gasteiger partial charge on any atom is -0.477 e. The first-order valence-corrected chi connectivity index (χ1v) is 7.81. The van der Waals surface area contributed by atoms with Crippen molar-refractivity contribution in [1.29, 1.82) is 0 Å². The Morgan fingerprint density at radius 3 is 2.70 bits per heavy atom. The Morgan fingerprint density at radius 2 is 2.09 bits per heavy atom. The van der Waals surface area contributed by atoms with Crippen LogP contribution < -0.4 is 5.32 Å². The number of carbonyl (C=O) groups is 3. The molecule has 0 aliphatic carbocycles. The van der Waals surface area contributed by atoms with Gasteiger partial charge in [-0.25, -0.2) is 4.79 Å². The summed E-state index contributed by atoms with van der Waals surface area (Å²) >= 11 is 1.31. The average molecular weight is 335 g/mol. The highest BCUT2D eigenvalue weighted by Crippen LogP contribution is 2.40. The maximum absolute atomic E-state index is 12.2. The fourth-order valence-corrected chi connectivity index (χ4v) is 3.87. The Bertz CT molecular complexity index is 706. The van der Waals surface area contributed by atoms with Crippen LogP contribution in [0.3, 0.4) is 0 Å². The van der Waals surface area contributed by atoms with Gasteiger partial charge in [-0.3, -0.25) is 19.5 Å². The number of aliphatic carboxylic acids is 1. The Labute approximate surface area is 135 Å². The lowest BCUT2D eigenvalue weighted by molar-refractivity contribution is -0.148. The molecule has 2 amide bonds. The Hall–Kier alpha value is -2.39. The summed E-state index contributed by atoms with van der Waals surface area (Å²) in [5.74, 6) is -1.87. The fraction of sp³-hybridized carbons (Fsp3) is 0.286. The molecule has 0 bridgehead atoms. The molecule has 1 aromatic rings. The average Bonchev–Trinajstić information content (AvgIpc) is 2.58. The zero-order chi connectivity index (χ0) is 16.6. The number of nitrogens with one attached hydrogen (secondary N) is 1. The summed E-state index contributed by atoms with van der Waals surface area (Å²) in [6, 6.07) is 2.27. The highest BCUT2D eigenvalue weighted by Gasteiger charge is 2.54. The van der Waals surface area contributed by atoms with Crippen molar-refractivity contribution in [2.75, 3.05) is 12.4 Å². The van der Waals surface area contributed by atoms with Crippen molar-refractivity contribution in [3.63, 3.8) is 0 Å². The Morgan fingerprint density at radius 1 is 1.39 bits per heavy atom. The van der Waals surface area contributed by atoms with Gasteiger partial charge in [0.05, 0.1) is 6.61 Å². The molecule has 8 nitrogen and oxygen atoms in total. The lowest BCUT2D eigenvalue weighted by atomic mass is 10.0. The Kier molecular flexibility index (Phi) is 4.05. The zero-order valence-corrected chi connectivity index (χ0v) is 12.6. The van der Waals surface area contributed by atoms with Crippen LogP contribution in [0.5, 0.6) is 0 Å². The minimum atomic E-state index is -1.26. The minimum absolute atomic E-state index is 0.185. The molecule has 1 saturated heterocycles. The van der Waals surface area contributed by atoms with Gasteiger partial charge in [-0.2, -0.15) is 0 Å².